The van der Waals surface area contributed by atoms with Crippen LogP contribution in [0.25, 0.3) is 15.6 Å². The summed E-state index contributed by atoms with van der Waals surface area (Å²) in [7, 11) is 0. The molecule has 0 bridgehead atoms. The second-order valence-electron chi connectivity index (χ2n) is 6.89. The topological polar surface area (TPSA) is 112 Å². The van der Waals surface area contributed by atoms with Crippen LogP contribution in [0.15, 0.2) is 64.8 Å². The second-order valence-corrected chi connectivity index (χ2v) is 7.64. The fourth-order valence-electron chi connectivity index (χ4n) is 3.13. The van der Waals surface area contributed by atoms with Crippen LogP contribution in [-0.2, 0) is 6.61 Å². The average molecular weight is 443 g/mol. The molecule has 0 atom stereocenters. The molecule has 4 rings (SSSR count). The molecular weight excluding hydrogens is 426 g/mol. The lowest BCUT2D eigenvalue weighted by molar-refractivity contribution is 0.102. The average Bonchev–Trinajstić information content (AvgIpc) is 3.17. The van der Waals surface area contributed by atoms with Gasteiger partial charge in [-0.2, -0.15) is 0 Å². The van der Waals surface area contributed by atoms with Crippen LogP contribution in [-0.4, -0.2) is 20.5 Å². The molecule has 4 aromatic rings. The van der Waals surface area contributed by atoms with Crippen LogP contribution in [0.2, 0.25) is 0 Å². The Bertz CT molecular complexity index is 1390. The maximum Gasteiger partial charge on any atom is 0.259 e. The molecule has 9 heteroatoms. The molecule has 3 N–H and O–H groups in total. The molecule has 0 aliphatic carbocycles. The summed E-state index contributed by atoms with van der Waals surface area (Å²) in [5, 5.41) is 32.8. The largest absolute Gasteiger partial charge is 0.505 e. The number of fused-ring (bicyclic) bond motifs is 1. The highest BCUT2D eigenvalue weighted by Crippen LogP contribution is 2.42. The summed E-state index contributed by atoms with van der Waals surface area (Å²) in [6, 6.07) is 15.5. The number of nitrogens with one attached hydrogen (secondary N) is 1. The number of aryl methyl sites for hydroxylation is 1. The predicted molar refractivity (Wildman–Crippen MR) is 123 cm³/mol. The minimum Gasteiger partial charge on any atom is -0.505 e. The van der Waals surface area contributed by atoms with Crippen LogP contribution in [0, 0.1) is 13.5 Å². The van der Waals surface area contributed by atoms with Gasteiger partial charge in [-0.15, -0.1) is 10.2 Å². The molecule has 1 heterocycles. The third-order valence-electron chi connectivity index (χ3n) is 4.80. The molecule has 0 unspecified atom stereocenters. The lowest BCUT2D eigenvalue weighted by Crippen LogP contribution is -2.12. The van der Waals surface area contributed by atoms with Gasteiger partial charge in [-0.3, -0.25) is 4.79 Å². The normalized spacial score (nSPS) is 11.0. The number of rotatable bonds is 5. The van der Waals surface area contributed by atoms with E-state index in [0.29, 0.717) is 32.8 Å². The van der Waals surface area contributed by atoms with Gasteiger partial charge >= 0.3 is 0 Å². The van der Waals surface area contributed by atoms with Crippen molar-refractivity contribution in [1.29, 1.82) is 0 Å². The molecule has 0 radical (unpaired) electrons. The van der Waals surface area contributed by atoms with Crippen molar-refractivity contribution in [3.05, 3.63) is 82.8 Å². The molecule has 0 saturated heterocycles. The molecule has 0 fully saturated rings. The van der Waals surface area contributed by atoms with Gasteiger partial charge in [-0.1, -0.05) is 36.4 Å². The summed E-state index contributed by atoms with van der Waals surface area (Å²) < 4.78 is 4.12. The zero-order chi connectivity index (χ0) is 22.7. The Kier molecular flexibility index (Phi) is 5.89. The SMILES string of the molecule is [C-]#[N+]c1c(C)nsc1/N=N/c1c(O)c(C(=O)Nc2ccc(CO)cc2)cc2ccccc12. The molecule has 0 saturated carbocycles. The summed E-state index contributed by atoms with van der Waals surface area (Å²) >= 11 is 1.04. The molecule has 8 nitrogen and oxygen atoms in total. The van der Waals surface area contributed by atoms with Crippen molar-refractivity contribution in [1.82, 2.24) is 4.37 Å². The zero-order valence-electron chi connectivity index (χ0n) is 16.9. The summed E-state index contributed by atoms with van der Waals surface area (Å²) in [4.78, 5) is 16.4. The number of carbonyl (C=O) groups is 1. The maximum atomic E-state index is 12.9. The van der Waals surface area contributed by atoms with E-state index in [4.69, 9.17) is 11.7 Å². The fraction of sp³-hybridized carbons (Fsp3) is 0.0870. The van der Waals surface area contributed by atoms with Crippen molar-refractivity contribution in [3.8, 4) is 5.75 Å². The lowest BCUT2D eigenvalue weighted by atomic mass is 10.0. The summed E-state index contributed by atoms with van der Waals surface area (Å²) in [6.07, 6.45) is 0. The number of azo groups is 1. The first kappa shape index (κ1) is 21.1. The molecule has 158 valence electrons. The number of aliphatic hydroxyl groups is 1. The highest BCUT2D eigenvalue weighted by Gasteiger charge is 2.19. The molecule has 1 amide bonds. The van der Waals surface area contributed by atoms with E-state index in [1.54, 1.807) is 49.4 Å². The van der Waals surface area contributed by atoms with Gasteiger partial charge in [0.1, 0.15) is 5.69 Å². The Morgan fingerprint density at radius 3 is 2.66 bits per heavy atom. The van der Waals surface area contributed by atoms with Gasteiger partial charge in [0.2, 0.25) is 5.69 Å². The Labute approximate surface area is 187 Å². The van der Waals surface area contributed by atoms with Crippen LogP contribution < -0.4 is 5.32 Å². The van der Waals surface area contributed by atoms with Crippen molar-refractivity contribution in [2.75, 3.05) is 5.32 Å². The quantitative estimate of drug-likeness (QED) is 0.259. The summed E-state index contributed by atoms with van der Waals surface area (Å²) in [6.45, 7) is 8.92. The van der Waals surface area contributed by atoms with E-state index in [9.17, 15) is 9.90 Å². The van der Waals surface area contributed by atoms with Crippen molar-refractivity contribution in [2.24, 2.45) is 10.2 Å². The third kappa shape index (κ3) is 4.05. The first-order chi connectivity index (χ1) is 15.5. The van der Waals surface area contributed by atoms with Crippen LogP contribution in [0.4, 0.5) is 22.1 Å². The summed E-state index contributed by atoms with van der Waals surface area (Å²) in [5.74, 6) is -0.834. The number of aliphatic hydroxyl groups excluding tert-OH is 1. The minimum atomic E-state index is -0.517. The van der Waals surface area contributed by atoms with E-state index >= 15 is 0 Å². The fourth-order valence-corrected chi connectivity index (χ4v) is 3.79. The van der Waals surface area contributed by atoms with Crippen LogP contribution in [0.5, 0.6) is 5.75 Å². The van der Waals surface area contributed by atoms with Crippen LogP contribution >= 0.6 is 11.5 Å². The molecular formula is C23H17N5O3S. The number of aromatic nitrogens is 1. The highest BCUT2D eigenvalue weighted by molar-refractivity contribution is 7.10. The number of nitrogens with zero attached hydrogens (tertiary/aromatic N) is 4. The number of phenolic OH excluding ortho intramolecular Hbond substituents is 1. The number of amides is 1. The standard InChI is InChI=1S/C23H17N5O3S/c1-13-19(24-2)23(32-28-13)27-26-20-17-6-4-3-5-15(17)11-18(21(20)30)22(31)25-16-9-7-14(12-29)8-10-16/h3-11,29-30H,12H2,1H3,(H,25,31)/b27-26+. The number of carbonyl (C=O) groups excluding carboxylic acids is 1. The summed E-state index contributed by atoms with van der Waals surface area (Å²) in [5.41, 5.74) is 2.28. The number of anilines is 1. The molecule has 0 aliphatic rings. The smallest absolute Gasteiger partial charge is 0.259 e. The number of hydrogen-bond donors (Lipinski definition) is 3. The van der Waals surface area contributed by atoms with E-state index in [0.717, 1.165) is 17.1 Å². The molecule has 32 heavy (non-hydrogen) atoms. The van der Waals surface area contributed by atoms with E-state index in [1.165, 1.54) is 0 Å². The van der Waals surface area contributed by atoms with Gasteiger partial charge in [0.15, 0.2) is 10.8 Å². The van der Waals surface area contributed by atoms with Crippen molar-refractivity contribution in [2.45, 2.75) is 13.5 Å². The third-order valence-corrected chi connectivity index (χ3v) is 5.61. The maximum absolute atomic E-state index is 12.9. The minimum absolute atomic E-state index is 0.0368. The van der Waals surface area contributed by atoms with E-state index in [2.05, 4.69) is 24.8 Å². The van der Waals surface area contributed by atoms with Gasteiger partial charge in [-0.05, 0) is 47.6 Å². The van der Waals surface area contributed by atoms with Gasteiger partial charge in [0.25, 0.3) is 5.91 Å². The Hall–Kier alpha value is -4.13. The first-order valence-corrected chi connectivity index (χ1v) is 10.3. The zero-order valence-corrected chi connectivity index (χ0v) is 17.7. The Morgan fingerprint density at radius 2 is 1.94 bits per heavy atom. The van der Waals surface area contributed by atoms with Gasteiger partial charge in [0.05, 0.1) is 24.4 Å². The van der Waals surface area contributed by atoms with E-state index in [1.807, 2.05) is 12.1 Å². The molecule has 0 spiro atoms. The Balaban J connectivity index is 1.75. The first-order valence-electron chi connectivity index (χ1n) is 9.53. The molecule has 1 aromatic heterocycles. The van der Waals surface area contributed by atoms with Gasteiger partial charge < -0.3 is 15.5 Å². The van der Waals surface area contributed by atoms with Crippen LogP contribution in [0.3, 0.4) is 0 Å². The second kappa shape index (κ2) is 8.93. The van der Waals surface area contributed by atoms with E-state index in [-0.39, 0.29) is 23.6 Å². The van der Waals surface area contributed by atoms with Gasteiger partial charge in [-0.25, -0.2) is 9.22 Å². The Morgan fingerprint density at radius 1 is 1.19 bits per heavy atom. The number of benzene rings is 3. The van der Waals surface area contributed by atoms with Crippen LogP contribution in [0.1, 0.15) is 21.6 Å². The number of phenols is 1. The molecule has 0 aliphatic heterocycles. The number of aromatic hydroxyl groups is 1. The highest BCUT2D eigenvalue weighted by atomic mass is 32.1. The van der Waals surface area contributed by atoms with E-state index < -0.39 is 5.91 Å². The van der Waals surface area contributed by atoms with Gasteiger partial charge in [0, 0.05) is 11.1 Å². The van der Waals surface area contributed by atoms with Crippen molar-refractivity contribution < 1.29 is 15.0 Å². The monoisotopic (exact) mass is 443 g/mol. The molecule has 3 aromatic carbocycles. The van der Waals surface area contributed by atoms with Crippen molar-refractivity contribution >= 4 is 50.3 Å². The lowest BCUT2D eigenvalue weighted by Gasteiger charge is -2.11. The van der Waals surface area contributed by atoms with Crippen molar-refractivity contribution in [3.63, 3.8) is 0 Å². The number of hydrogen-bond acceptors (Lipinski definition) is 7. The predicted octanol–water partition coefficient (Wildman–Crippen LogP) is 6.02.